The minimum absolute atomic E-state index is 0. The van der Waals surface area contributed by atoms with Gasteiger partial charge in [0.05, 0.1) is 11.1 Å². The Morgan fingerprint density at radius 2 is 1.52 bits per heavy atom. The van der Waals surface area contributed by atoms with Gasteiger partial charge >= 0.3 is 12.4 Å². The summed E-state index contributed by atoms with van der Waals surface area (Å²) in [4.78, 5) is 41.6. The van der Waals surface area contributed by atoms with Gasteiger partial charge in [0.2, 0.25) is 0 Å². The van der Waals surface area contributed by atoms with Crippen LogP contribution in [0.1, 0.15) is 88.1 Å². The van der Waals surface area contributed by atoms with Crippen molar-refractivity contribution in [1.82, 2.24) is 4.98 Å². The number of halogens is 6. The van der Waals surface area contributed by atoms with Gasteiger partial charge in [0.15, 0.2) is 5.78 Å². The number of pyridine rings is 1. The van der Waals surface area contributed by atoms with E-state index in [4.69, 9.17) is 14.4 Å². The van der Waals surface area contributed by atoms with Crippen molar-refractivity contribution in [3.8, 4) is 0 Å². The van der Waals surface area contributed by atoms with Gasteiger partial charge in [-0.1, -0.05) is 45.9 Å². The summed E-state index contributed by atoms with van der Waals surface area (Å²) in [5, 5.41) is 0. The second kappa shape index (κ2) is 16.9. The van der Waals surface area contributed by atoms with Gasteiger partial charge in [-0.05, 0) is 79.0 Å². The SMILES string of the molecule is C=O.C=O.CC(C)Cc1cc(C(F)(F)F)cnc1C(=O)CC1CC(C(C)(C)Cc2cccc(C(F)(F)F)c2)C1.CC=O.[HH]. The van der Waals surface area contributed by atoms with E-state index in [-0.39, 0.29) is 42.5 Å². The van der Waals surface area contributed by atoms with Crippen LogP contribution in [-0.2, 0) is 39.6 Å². The zero-order chi connectivity index (χ0) is 32.9. The van der Waals surface area contributed by atoms with Gasteiger partial charge in [0.25, 0.3) is 0 Å². The summed E-state index contributed by atoms with van der Waals surface area (Å²) in [5.41, 5.74) is -0.719. The number of carbonyl (C=O) groups is 4. The first-order valence-corrected chi connectivity index (χ1v) is 13.2. The third-order valence-electron chi connectivity index (χ3n) is 6.92. The number of alkyl halides is 6. The Hall–Kier alpha value is -3.37. The monoisotopic (exact) mass is 605 g/mol. The van der Waals surface area contributed by atoms with E-state index >= 15 is 0 Å². The first-order valence-electron chi connectivity index (χ1n) is 13.2. The van der Waals surface area contributed by atoms with E-state index in [1.165, 1.54) is 19.1 Å². The van der Waals surface area contributed by atoms with Gasteiger partial charge in [-0.2, -0.15) is 26.3 Å². The molecule has 0 aliphatic heterocycles. The maximum atomic E-state index is 13.1. The zero-order valence-corrected chi connectivity index (χ0v) is 24.6. The highest BCUT2D eigenvalue weighted by Crippen LogP contribution is 2.49. The fourth-order valence-electron chi connectivity index (χ4n) is 4.94. The van der Waals surface area contributed by atoms with Crippen molar-refractivity contribution >= 4 is 25.6 Å². The molecule has 5 nitrogen and oxygen atoms in total. The molecule has 0 amide bonds. The summed E-state index contributed by atoms with van der Waals surface area (Å²) < 4.78 is 78.5. The van der Waals surface area contributed by atoms with Gasteiger partial charge in [-0.15, -0.1) is 0 Å². The quantitative estimate of drug-likeness (QED) is 0.172. The number of nitrogens with zero attached hydrogens (tertiary/aromatic N) is 1. The molecule has 0 N–H and O–H groups in total. The van der Waals surface area contributed by atoms with Crippen molar-refractivity contribution < 1.29 is 46.9 Å². The first kappa shape index (κ1) is 38.6. The van der Waals surface area contributed by atoms with E-state index in [2.05, 4.69) is 4.98 Å². The molecular weight excluding hydrogens is 564 g/mol. The van der Waals surface area contributed by atoms with Crippen molar-refractivity contribution in [3.05, 3.63) is 64.5 Å². The summed E-state index contributed by atoms with van der Waals surface area (Å²) in [6.07, 6.45) is -4.92. The summed E-state index contributed by atoms with van der Waals surface area (Å²) in [6.45, 7) is 13.2. The number of hydrogen-bond donors (Lipinski definition) is 0. The molecule has 0 saturated heterocycles. The van der Waals surface area contributed by atoms with E-state index in [9.17, 15) is 31.1 Å². The Morgan fingerprint density at radius 3 is 2.00 bits per heavy atom. The van der Waals surface area contributed by atoms with Crippen molar-refractivity contribution in [3.63, 3.8) is 0 Å². The lowest BCUT2D eigenvalue weighted by atomic mass is 9.59. The number of rotatable bonds is 8. The standard InChI is InChI=1S/C27H31F6NO.C2H4O.2CH2O.H2/c1-16(2)8-19-13-22(27(31,32)33)15-34-24(19)23(35)12-18-10-21(11-18)25(3,4)14-17-6-5-7-20(9-17)26(28,29)30;1-2-3;2*1-2;/h5-7,9,13,15-16,18,21H,8,10-12,14H2,1-4H3;2H,1H3;2*1H2;1H. The Kier molecular flexibility index (Phi) is 15.6. The number of carbonyl (C=O) groups excluding carboxylic acids is 4. The lowest BCUT2D eigenvalue weighted by Crippen LogP contribution is -2.38. The lowest BCUT2D eigenvalue weighted by molar-refractivity contribution is -0.138. The topological polar surface area (TPSA) is 81.2 Å². The second-order valence-corrected chi connectivity index (χ2v) is 11.1. The summed E-state index contributed by atoms with van der Waals surface area (Å²) in [5.74, 6) is 0.139. The molecule has 1 saturated carbocycles. The Morgan fingerprint density at radius 1 is 1.00 bits per heavy atom. The first-order chi connectivity index (χ1) is 19.5. The van der Waals surface area contributed by atoms with Crippen LogP contribution in [0, 0.1) is 23.2 Å². The van der Waals surface area contributed by atoms with Crippen LogP contribution < -0.4 is 0 Å². The fraction of sp³-hybridized carbons (Fsp3) is 0.516. The van der Waals surface area contributed by atoms with E-state index < -0.39 is 23.5 Å². The van der Waals surface area contributed by atoms with E-state index in [1.54, 1.807) is 6.07 Å². The number of benzene rings is 1. The van der Waals surface area contributed by atoms with Gasteiger partial charge in [0, 0.05) is 14.0 Å². The van der Waals surface area contributed by atoms with Gasteiger partial charge in [-0.3, -0.25) is 9.78 Å². The minimum atomic E-state index is -4.52. The molecule has 11 heteroatoms. The highest BCUT2D eigenvalue weighted by atomic mass is 19.4. The Labute approximate surface area is 244 Å². The van der Waals surface area contributed by atoms with Crippen LogP contribution in [0.15, 0.2) is 36.5 Å². The second-order valence-electron chi connectivity index (χ2n) is 11.1. The summed E-state index contributed by atoms with van der Waals surface area (Å²) in [6, 6.07) is 6.39. The Bertz CT molecular complexity index is 1140. The third-order valence-corrected chi connectivity index (χ3v) is 6.92. The van der Waals surface area contributed by atoms with Crippen LogP contribution in [-0.4, -0.2) is 30.6 Å². The normalized spacial score (nSPS) is 16.4. The molecule has 1 aromatic carbocycles. The molecule has 3 rings (SSSR count). The molecule has 1 fully saturated rings. The molecule has 0 radical (unpaired) electrons. The van der Waals surface area contributed by atoms with Crippen LogP contribution >= 0.6 is 0 Å². The number of aldehydes is 1. The molecule has 1 heterocycles. The van der Waals surface area contributed by atoms with E-state index in [0.29, 0.717) is 24.0 Å². The maximum Gasteiger partial charge on any atom is 0.417 e. The van der Waals surface area contributed by atoms with Gasteiger partial charge in [0.1, 0.15) is 25.6 Å². The average molecular weight is 606 g/mol. The fourth-order valence-corrected chi connectivity index (χ4v) is 4.94. The number of aromatic nitrogens is 1. The third kappa shape index (κ3) is 11.9. The lowest BCUT2D eigenvalue weighted by Gasteiger charge is -2.45. The molecule has 0 spiro atoms. The van der Waals surface area contributed by atoms with E-state index in [0.717, 1.165) is 37.5 Å². The van der Waals surface area contributed by atoms with Crippen molar-refractivity contribution in [1.29, 1.82) is 0 Å². The summed E-state index contributed by atoms with van der Waals surface area (Å²) in [7, 11) is 0. The molecule has 42 heavy (non-hydrogen) atoms. The molecule has 1 aromatic heterocycles. The maximum absolute atomic E-state index is 13.1. The van der Waals surface area contributed by atoms with Gasteiger partial charge in [-0.25, -0.2) is 0 Å². The predicted molar refractivity (Wildman–Crippen MR) is 150 cm³/mol. The van der Waals surface area contributed by atoms with Gasteiger partial charge < -0.3 is 14.4 Å². The minimum Gasteiger partial charge on any atom is -0.307 e. The van der Waals surface area contributed by atoms with Crippen molar-refractivity contribution in [2.24, 2.45) is 23.2 Å². The van der Waals surface area contributed by atoms with Crippen molar-refractivity contribution in [2.45, 2.75) is 79.1 Å². The molecule has 236 valence electrons. The van der Waals surface area contributed by atoms with Crippen molar-refractivity contribution in [2.75, 3.05) is 0 Å². The van der Waals surface area contributed by atoms with Crippen LogP contribution in [0.5, 0.6) is 0 Å². The number of ketones is 1. The Balaban J connectivity index is 0. The molecule has 1 aliphatic rings. The molecule has 2 aromatic rings. The largest absolute Gasteiger partial charge is 0.417 e. The average Bonchev–Trinajstić information content (AvgIpc) is 2.87. The molecular formula is C31H41F6NO4. The van der Waals surface area contributed by atoms with Crippen LogP contribution in [0.3, 0.4) is 0 Å². The predicted octanol–water partition coefficient (Wildman–Crippen LogP) is 8.27. The molecule has 0 atom stereocenters. The van der Waals surface area contributed by atoms with Crippen LogP contribution in [0.25, 0.3) is 0 Å². The summed E-state index contributed by atoms with van der Waals surface area (Å²) >= 11 is 0. The zero-order valence-electron chi connectivity index (χ0n) is 24.6. The van der Waals surface area contributed by atoms with Crippen LogP contribution in [0.2, 0.25) is 0 Å². The molecule has 0 unspecified atom stereocenters. The smallest absolute Gasteiger partial charge is 0.307 e. The highest BCUT2D eigenvalue weighted by molar-refractivity contribution is 5.95. The molecule has 1 aliphatic carbocycles. The number of Topliss-reactive ketones (excluding diaryl/α,β-unsaturated/α-hetero) is 1. The van der Waals surface area contributed by atoms with E-state index in [1.807, 2.05) is 41.3 Å². The molecule has 0 bridgehead atoms. The highest BCUT2D eigenvalue weighted by Gasteiger charge is 2.41. The van der Waals surface area contributed by atoms with Crippen LogP contribution in [0.4, 0.5) is 26.3 Å². The number of hydrogen-bond acceptors (Lipinski definition) is 5.